The molecule has 0 radical (unpaired) electrons. The van der Waals surface area contributed by atoms with Gasteiger partial charge in [-0.1, -0.05) is 36.4 Å². The Balaban J connectivity index is 1.49. The van der Waals surface area contributed by atoms with Gasteiger partial charge < -0.3 is 14.5 Å². The normalized spacial score (nSPS) is 13.8. The Kier molecular flexibility index (Phi) is 6.03. The molecule has 0 N–H and O–H groups in total. The van der Waals surface area contributed by atoms with Crippen LogP contribution in [0.5, 0.6) is 5.75 Å². The quantitative estimate of drug-likeness (QED) is 0.441. The number of carbonyl (C=O) groups excluding carboxylic acids is 1. The highest BCUT2D eigenvalue weighted by Gasteiger charge is 2.25. The zero-order chi connectivity index (χ0) is 24.5. The number of methoxy groups -OCH3 is 1. The number of nitrogens with zero attached hydrogens (tertiary/aromatic N) is 3. The van der Waals surface area contributed by atoms with Gasteiger partial charge in [0.1, 0.15) is 5.75 Å². The summed E-state index contributed by atoms with van der Waals surface area (Å²) in [4.78, 5) is 31.3. The molecule has 0 aliphatic carbocycles. The van der Waals surface area contributed by atoms with Crippen molar-refractivity contribution in [3.8, 4) is 11.4 Å². The van der Waals surface area contributed by atoms with Gasteiger partial charge in [0.25, 0.3) is 11.5 Å². The van der Waals surface area contributed by atoms with E-state index >= 15 is 0 Å². The lowest BCUT2D eigenvalue weighted by Crippen LogP contribution is -2.49. The van der Waals surface area contributed by atoms with E-state index in [9.17, 15) is 9.59 Å². The van der Waals surface area contributed by atoms with Crippen molar-refractivity contribution < 1.29 is 9.53 Å². The molecule has 4 aromatic rings. The minimum Gasteiger partial charge on any atom is -0.497 e. The van der Waals surface area contributed by atoms with Crippen molar-refractivity contribution in [3.63, 3.8) is 0 Å². The molecule has 1 amide bonds. The van der Waals surface area contributed by atoms with Gasteiger partial charge in [-0.25, -0.2) is 0 Å². The van der Waals surface area contributed by atoms with Crippen molar-refractivity contribution in [2.24, 2.45) is 0 Å². The predicted molar refractivity (Wildman–Crippen MR) is 140 cm³/mol. The first-order valence-corrected chi connectivity index (χ1v) is 11.9. The zero-order valence-electron chi connectivity index (χ0n) is 20.3. The maximum atomic E-state index is 13.8. The fourth-order valence-corrected chi connectivity index (χ4v) is 4.81. The number of aryl methyl sites for hydroxylation is 1. The lowest BCUT2D eigenvalue weighted by molar-refractivity contribution is 0.0748. The van der Waals surface area contributed by atoms with Gasteiger partial charge in [-0.3, -0.25) is 14.2 Å². The molecule has 0 spiro atoms. The van der Waals surface area contributed by atoms with Gasteiger partial charge in [0.15, 0.2) is 0 Å². The van der Waals surface area contributed by atoms with E-state index < -0.39 is 0 Å². The van der Waals surface area contributed by atoms with E-state index in [4.69, 9.17) is 4.74 Å². The predicted octanol–water partition coefficient (Wildman–Crippen LogP) is 4.58. The maximum absolute atomic E-state index is 13.8. The first-order chi connectivity index (χ1) is 17.0. The van der Waals surface area contributed by atoms with Crippen molar-refractivity contribution >= 4 is 22.4 Å². The highest BCUT2D eigenvalue weighted by Crippen LogP contribution is 2.26. The largest absolute Gasteiger partial charge is 0.497 e. The van der Waals surface area contributed by atoms with Crippen LogP contribution in [-0.4, -0.2) is 48.7 Å². The molecule has 0 atom stereocenters. The minimum atomic E-state index is -0.162. The first-order valence-electron chi connectivity index (χ1n) is 11.9. The third kappa shape index (κ3) is 4.16. The number of piperazine rings is 1. The second-order valence-electron chi connectivity index (χ2n) is 8.96. The van der Waals surface area contributed by atoms with Crippen LogP contribution in [0.25, 0.3) is 16.5 Å². The van der Waals surface area contributed by atoms with Crippen LogP contribution >= 0.6 is 0 Å². The average Bonchev–Trinajstić information content (AvgIpc) is 2.90. The van der Waals surface area contributed by atoms with E-state index in [0.717, 1.165) is 13.1 Å². The Morgan fingerprint density at radius 2 is 1.57 bits per heavy atom. The number of fused-ring (bicyclic) bond motifs is 1. The molecule has 35 heavy (non-hydrogen) atoms. The van der Waals surface area contributed by atoms with Crippen LogP contribution in [0, 0.1) is 13.8 Å². The third-order valence-corrected chi connectivity index (χ3v) is 6.97. The molecule has 178 valence electrons. The second kappa shape index (κ2) is 9.29. The molecule has 5 rings (SSSR count). The molecule has 6 heteroatoms. The van der Waals surface area contributed by atoms with E-state index in [1.807, 2.05) is 41.3 Å². The number of carbonyl (C=O) groups is 1. The van der Waals surface area contributed by atoms with E-state index in [-0.39, 0.29) is 11.5 Å². The highest BCUT2D eigenvalue weighted by molar-refractivity contribution is 6.06. The fraction of sp³-hybridized carbons (Fsp3) is 0.241. The van der Waals surface area contributed by atoms with Crippen LogP contribution in [0.4, 0.5) is 5.69 Å². The van der Waals surface area contributed by atoms with Crippen LogP contribution in [0.15, 0.2) is 77.7 Å². The molecule has 1 aromatic heterocycles. The van der Waals surface area contributed by atoms with Gasteiger partial charge in [-0.15, -0.1) is 0 Å². The second-order valence-corrected chi connectivity index (χ2v) is 8.96. The van der Waals surface area contributed by atoms with Crippen LogP contribution in [0.2, 0.25) is 0 Å². The molecule has 0 bridgehead atoms. The third-order valence-electron chi connectivity index (χ3n) is 6.97. The molecule has 3 aromatic carbocycles. The zero-order valence-corrected chi connectivity index (χ0v) is 20.3. The Hall–Kier alpha value is -4.06. The van der Waals surface area contributed by atoms with E-state index in [1.165, 1.54) is 16.8 Å². The average molecular weight is 468 g/mol. The van der Waals surface area contributed by atoms with E-state index in [0.29, 0.717) is 40.9 Å². The number of anilines is 1. The van der Waals surface area contributed by atoms with Crippen LogP contribution in [0.1, 0.15) is 21.5 Å². The monoisotopic (exact) mass is 467 g/mol. The van der Waals surface area contributed by atoms with Crippen molar-refractivity contribution in [1.82, 2.24) is 9.47 Å². The molecule has 1 saturated heterocycles. The van der Waals surface area contributed by atoms with Gasteiger partial charge in [-0.2, -0.15) is 0 Å². The van der Waals surface area contributed by atoms with Crippen LogP contribution in [-0.2, 0) is 0 Å². The molecule has 0 unspecified atom stereocenters. The van der Waals surface area contributed by atoms with Crippen LogP contribution < -0.4 is 15.2 Å². The topological polar surface area (TPSA) is 54.8 Å². The molecule has 6 nitrogen and oxygen atoms in total. The summed E-state index contributed by atoms with van der Waals surface area (Å²) in [5.41, 5.74) is 4.81. The Morgan fingerprint density at radius 3 is 2.31 bits per heavy atom. The maximum Gasteiger partial charge on any atom is 0.262 e. The first kappa shape index (κ1) is 22.7. The SMILES string of the molecule is COc1cccc(-n2cc(C(=O)N3CCN(c4cccc(C)c4C)CC3)c3ccccc3c2=O)c1. The summed E-state index contributed by atoms with van der Waals surface area (Å²) >= 11 is 0. The number of amides is 1. The number of benzene rings is 3. The Bertz CT molecular complexity index is 1470. The van der Waals surface area contributed by atoms with Crippen molar-refractivity contribution in [3.05, 3.63) is 100.0 Å². The number of aromatic nitrogens is 1. The highest BCUT2D eigenvalue weighted by atomic mass is 16.5. The molecule has 1 fully saturated rings. The Morgan fingerprint density at radius 1 is 0.857 bits per heavy atom. The van der Waals surface area contributed by atoms with Crippen molar-refractivity contribution in [2.45, 2.75) is 13.8 Å². The van der Waals surface area contributed by atoms with Gasteiger partial charge >= 0.3 is 0 Å². The molecular formula is C29H29N3O3. The summed E-state index contributed by atoms with van der Waals surface area (Å²) < 4.78 is 6.89. The molecule has 0 saturated carbocycles. The molecule has 2 heterocycles. The number of pyridine rings is 1. The Labute approximate surface area is 205 Å². The fourth-order valence-electron chi connectivity index (χ4n) is 4.81. The summed E-state index contributed by atoms with van der Waals surface area (Å²) in [6.45, 7) is 7.06. The summed E-state index contributed by atoms with van der Waals surface area (Å²) in [5.74, 6) is 0.594. The van der Waals surface area contributed by atoms with E-state index in [1.54, 1.807) is 30.0 Å². The smallest absolute Gasteiger partial charge is 0.262 e. The summed E-state index contributed by atoms with van der Waals surface area (Å²) in [5, 5.41) is 1.20. The molecule has 1 aliphatic rings. The standard InChI is InChI=1S/C29H29N3O3/c1-20-8-6-13-27(21(20)2)30-14-16-31(17-15-30)28(33)26-19-32(22-9-7-10-23(18-22)35-3)29(34)25-12-5-4-11-24(25)26/h4-13,18-19H,14-17H2,1-3H3. The van der Waals surface area contributed by atoms with E-state index in [2.05, 4.69) is 36.9 Å². The summed E-state index contributed by atoms with van der Waals surface area (Å²) in [6.07, 6.45) is 1.68. The molecular weight excluding hydrogens is 438 g/mol. The number of hydrogen-bond acceptors (Lipinski definition) is 4. The summed E-state index contributed by atoms with van der Waals surface area (Å²) in [7, 11) is 1.59. The van der Waals surface area contributed by atoms with Crippen LogP contribution in [0.3, 0.4) is 0 Å². The van der Waals surface area contributed by atoms with Crippen molar-refractivity contribution in [2.75, 3.05) is 38.2 Å². The van der Waals surface area contributed by atoms with Crippen molar-refractivity contribution in [1.29, 1.82) is 0 Å². The van der Waals surface area contributed by atoms with Gasteiger partial charge in [-0.05, 0) is 49.2 Å². The number of hydrogen-bond donors (Lipinski definition) is 0. The summed E-state index contributed by atoms with van der Waals surface area (Å²) in [6, 6.07) is 21.0. The number of ether oxygens (including phenoxy) is 1. The van der Waals surface area contributed by atoms with Gasteiger partial charge in [0.05, 0.1) is 18.4 Å². The number of rotatable bonds is 4. The molecule has 1 aliphatic heterocycles. The lowest BCUT2D eigenvalue weighted by atomic mass is 10.0. The van der Waals surface area contributed by atoms with Gasteiger partial charge in [0, 0.05) is 54.9 Å². The minimum absolute atomic E-state index is 0.0570. The lowest BCUT2D eigenvalue weighted by Gasteiger charge is -2.37. The van der Waals surface area contributed by atoms with Gasteiger partial charge in [0.2, 0.25) is 0 Å².